The summed E-state index contributed by atoms with van der Waals surface area (Å²) in [7, 11) is 0. The number of benzene rings is 3. The van der Waals surface area contributed by atoms with Gasteiger partial charge in [-0.25, -0.2) is 5.43 Å². The number of hydrazone groups is 1. The quantitative estimate of drug-likeness (QED) is 0.260. The fourth-order valence-corrected chi connectivity index (χ4v) is 3.83. The van der Waals surface area contributed by atoms with Crippen molar-refractivity contribution in [2.75, 3.05) is 0 Å². The first-order valence-corrected chi connectivity index (χ1v) is 12.4. The first-order valence-electron chi connectivity index (χ1n) is 11.6. The highest BCUT2D eigenvalue weighted by molar-refractivity contribution is 6.35. The molecule has 0 saturated carbocycles. The van der Waals surface area contributed by atoms with Crippen LogP contribution in [-0.4, -0.2) is 30.2 Å². The summed E-state index contributed by atoms with van der Waals surface area (Å²) >= 11 is 12.1. The average molecular weight is 526 g/mol. The summed E-state index contributed by atoms with van der Waals surface area (Å²) in [6.45, 7) is 5.83. The molecular weight excluding hydrogens is 497 g/mol. The fourth-order valence-electron chi connectivity index (χ4n) is 3.38. The molecule has 3 aromatic carbocycles. The zero-order valence-electron chi connectivity index (χ0n) is 20.4. The zero-order valence-corrected chi connectivity index (χ0v) is 21.9. The van der Waals surface area contributed by atoms with E-state index in [4.69, 9.17) is 27.9 Å². The van der Waals surface area contributed by atoms with E-state index in [1.165, 1.54) is 11.6 Å². The van der Waals surface area contributed by atoms with E-state index in [2.05, 4.69) is 29.7 Å². The molecule has 0 fully saturated rings. The van der Waals surface area contributed by atoms with Crippen LogP contribution in [0.2, 0.25) is 10.0 Å². The fraction of sp³-hybridized carbons (Fsp3) is 0.250. The van der Waals surface area contributed by atoms with Gasteiger partial charge in [0.2, 0.25) is 0 Å². The summed E-state index contributed by atoms with van der Waals surface area (Å²) in [6.07, 6.45) is 0.945. The highest BCUT2D eigenvalue weighted by atomic mass is 35.5. The first-order chi connectivity index (χ1) is 17.2. The molecule has 0 heterocycles. The largest absolute Gasteiger partial charge is 0.479 e. The van der Waals surface area contributed by atoms with Crippen LogP contribution in [0.4, 0.5) is 0 Å². The lowest BCUT2D eigenvalue weighted by atomic mass is 10.0. The molecule has 0 unspecified atom stereocenters. The summed E-state index contributed by atoms with van der Waals surface area (Å²) in [5, 5.41) is 7.59. The molecule has 6 nitrogen and oxygen atoms in total. The van der Waals surface area contributed by atoms with Crippen LogP contribution in [0.5, 0.6) is 5.75 Å². The van der Waals surface area contributed by atoms with E-state index >= 15 is 0 Å². The molecule has 0 bridgehead atoms. The Bertz CT molecular complexity index is 1200. The molecule has 8 heteroatoms. The van der Waals surface area contributed by atoms with Gasteiger partial charge in [0.25, 0.3) is 11.8 Å². The number of halogens is 2. The normalized spacial score (nSPS) is 12.8. The number of amides is 2. The van der Waals surface area contributed by atoms with Crippen LogP contribution in [0.1, 0.15) is 43.4 Å². The minimum absolute atomic E-state index is 0.283. The molecule has 2 N–H and O–H groups in total. The Hall–Kier alpha value is -3.35. The van der Waals surface area contributed by atoms with Crippen molar-refractivity contribution >= 4 is 41.2 Å². The van der Waals surface area contributed by atoms with Gasteiger partial charge in [0.15, 0.2) is 6.10 Å². The molecule has 0 saturated heterocycles. The Kier molecular flexibility index (Phi) is 9.91. The summed E-state index contributed by atoms with van der Waals surface area (Å²) in [5.74, 6) is -0.162. The topological polar surface area (TPSA) is 79.8 Å². The van der Waals surface area contributed by atoms with Crippen molar-refractivity contribution in [3.63, 3.8) is 0 Å². The van der Waals surface area contributed by atoms with Gasteiger partial charge in [-0.2, -0.15) is 5.10 Å². The Morgan fingerprint density at radius 2 is 1.64 bits per heavy atom. The average Bonchev–Trinajstić information content (AvgIpc) is 2.86. The van der Waals surface area contributed by atoms with E-state index in [0.717, 1.165) is 11.1 Å². The molecule has 2 amide bonds. The standard InChI is InChI=1S/C28H29Cl2N3O3/c1-18(2)22-11-9-21(10-12-22)17-31-33-28(35)25(15-20-7-5-4-6-8-20)32-27(34)19(3)36-26-14-13-23(29)16-24(26)30/h4-14,16-19,25H,15H2,1-3H3,(H,32,34)(H,33,35)/b31-17-/t19-,25-/m0/s1. The maximum Gasteiger partial charge on any atom is 0.262 e. The van der Waals surface area contributed by atoms with E-state index in [-0.39, 0.29) is 11.4 Å². The molecule has 36 heavy (non-hydrogen) atoms. The number of hydrogen-bond donors (Lipinski definition) is 2. The van der Waals surface area contributed by atoms with E-state index in [1.807, 2.05) is 54.6 Å². The molecule has 188 valence electrons. The molecule has 3 aromatic rings. The Balaban J connectivity index is 1.67. The van der Waals surface area contributed by atoms with Crippen molar-refractivity contribution in [2.24, 2.45) is 5.10 Å². The van der Waals surface area contributed by atoms with Gasteiger partial charge in [-0.3, -0.25) is 9.59 Å². The van der Waals surface area contributed by atoms with Crippen LogP contribution in [0.15, 0.2) is 77.9 Å². The maximum atomic E-state index is 13.0. The lowest BCUT2D eigenvalue weighted by molar-refractivity contribution is -0.132. The first kappa shape index (κ1) is 27.2. The minimum atomic E-state index is -0.905. The SMILES string of the molecule is CC(C)c1ccc(/C=N\NC(=O)[C@H](Cc2ccccc2)NC(=O)[C@H](C)Oc2ccc(Cl)cc2Cl)cc1. The molecule has 3 rings (SSSR count). The van der Waals surface area contributed by atoms with Crippen LogP contribution < -0.4 is 15.5 Å². The molecule has 0 radical (unpaired) electrons. The second-order valence-corrected chi connectivity index (χ2v) is 9.48. The molecule has 0 spiro atoms. The van der Waals surface area contributed by atoms with E-state index in [1.54, 1.807) is 25.3 Å². The molecule has 0 aromatic heterocycles. The smallest absolute Gasteiger partial charge is 0.262 e. The van der Waals surface area contributed by atoms with Gasteiger partial charge in [-0.15, -0.1) is 0 Å². The van der Waals surface area contributed by atoms with Crippen LogP contribution in [0.3, 0.4) is 0 Å². The third kappa shape index (κ3) is 8.11. The number of ether oxygens (including phenoxy) is 1. The number of nitrogens with zero attached hydrogens (tertiary/aromatic N) is 1. The number of carbonyl (C=O) groups is 2. The van der Waals surface area contributed by atoms with Crippen LogP contribution in [0, 0.1) is 0 Å². The zero-order chi connectivity index (χ0) is 26.1. The third-order valence-corrected chi connectivity index (χ3v) is 6.00. The number of carbonyl (C=O) groups excluding carboxylic acids is 2. The summed E-state index contributed by atoms with van der Waals surface area (Å²) < 4.78 is 5.69. The van der Waals surface area contributed by atoms with E-state index in [0.29, 0.717) is 16.7 Å². The minimum Gasteiger partial charge on any atom is -0.479 e. The van der Waals surface area contributed by atoms with Gasteiger partial charge in [-0.1, -0.05) is 91.6 Å². The number of rotatable bonds is 10. The predicted molar refractivity (Wildman–Crippen MR) is 145 cm³/mol. The number of hydrogen-bond acceptors (Lipinski definition) is 4. The van der Waals surface area contributed by atoms with Gasteiger partial charge in [0.1, 0.15) is 11.8 Å². The monoisotopic (exact) mass is 525 g/mol. The Labute approximate surface area is 221 Å². The lowest BCUT2D eigenvalue weighted by Crippen LogP contribution is -2.50. The van der Waals surface area contributed by atoms with E-state index < -0.39 is 24.0 Å². The third-order valence-electron chi connectivity index (χ3n) is 5.47. The van der Waals surface area contributed by atoms with Crippen LogP contribution >= 0.6 is 23.2 Å². The van der Waals surface area contributed by atoms with Crippen molar-refractivity contribution in [1.82, 2.24) is 10.7 Å². The summed E-state index contributed by atoms with van der Waals surface area (Å²) in [4.78, 5) is 25.9. The molecule has 2 atom stereocenters. The van der Waals surface area contributed by atoms with Gasteiger partial charge in [0.05, 0.1) is 11.2 Å². The lowest BCUT2D eigenvalue weighted by Gasteiger charge is -2.21. The number of nitrogens with one attached hydrogen (secondary N) is 2. The summed E-state index contributed by atoms with van der Waals surface area (Å²) in [5.41, 5.74) is 5.50. The summed E-state index contributed by atoms with van der Waals surface area (Å²) in [6, 6.07) is 21.2. The van der Waals surface area contributed by atoms with Crippen molar-refractivity contribution in [3.8, 4) is 5.75 Å². The van der Waals surface area contributed by atoms with Crippen LogP contribution in [-0.2, 0) is 16.0 Å². The van der Waals surface area contributed by atoms with Gasteiger partial charge >= 0.3 is 0 Å². The molecule has 0 aliphatic rings. The van der Waals surface area contributed by atoms with Crippen LogP contribution in [0.25, 0.3) is 0 Å². The van der Waals surface area contributed by atoms with Gasteiger partial charge in [-0.05, 0) is 47.7 Å². The van der Waals surface area contributed by atoms with E-state index in [9.17, 15) is 9.59 Å². The second kappa shape index (κ2) is 13.1. The van der Waals surface area contributed by atoms with Gasteiger partial charge in [0, 0.05) is 11.4 Å². The van der Waals surface area contributed by atoms with Crippen molar-refractivity contribution < 1.29 is 14.3 Å². The van der Waals surface area contributed by atoms with Crippen molar-refractivity contribution in [2.45, 2.75) is 45.3 Å². The Morgan fingerprint density at radius 3 is 2.28 bits per heavy atom. The maximum absolute atomic E-state index is 13.0. The second-order valence-electron chi connectivity index (χ2n) is 8.64. The Morgan fingerprint density at radius 1 is 0.944 bits per heavy atom. The highest BCUT2D eigenvalue weighted by Crippen LogP contribution is 2.28. The predicted octanol–water partition coefficient (Wildman–Crippen LogP) is 5.76. The van der Waals surface area contributed by atoms with Crippen molar-refractivity contribution in [1.29, 1.82) is 0 Å². The molecular formula is C28H29Cl2N3O3. The highest BCUT2D eigenvalue weighted by Gasteiger charge is 2.25. The van der Waals surface area contributed by atoms with Crippen molar-refractivity contribution in [3.05, 3.63) is 99.5 Å². The van der Waals surface area contributed by atoms with Gasteiger partial charge < -0.3 is 10.1 Å². The molecule has 0 aliphatic heterocycles. The molecule has 0 aliphatic carbocycles.